The van der Waals surface area contributed by atoms with Gasteiger partial charge in [0.05, 0.1) is 21.3 Å². The predicted octanol–water partition coefficient (Wildman–Crippen LogP) is 4.41. The van der Waals surface area contributed by atoms with Crippen molar-refractivity contribution in [2.75, 3.05) is 21.3 Å². The summed E-state index contributed by atoms with van der Waals surface area (Å²) in [7, 11) is 5.05. The van der Waals surface area contributed by atoms with Gasteiger partial charge in [-0.05, 0) is 74.7 Å². The van der Waals surface area contributed by atoms with Gasteiger partial charge in [-0.3, -0.25) is 0 Å². The molecule has 4 bridgehead atoms. The minimum absolute atomic E-state index is 0.512. The van der Waals surface area contributed by atoms with Gasteiger partial charge in [0, 0.05) is 24.2 Å². The summed E-state index contributed by atoms with van der Waals surface area (Å²) in [6, 6.07) is 4.50. The zero-order valence-electron chi connectivity index (χ0n) is 16.6. The Labute approximate surface area is 157 Å². The lowest BCUT2D eigenvalue weighted by atomic mass is 9.48. The first kappa shape index (κ1) is 18.0. The number of benzene rings is 1. The molecule has 0 aromatic heterocycles. The minimum Gasteiger partial charge on any atom is -0.496 e. The van der Waals surface area contributed by atoms with Gasteiger partial charge in [0.1, 0.15) is 5.75 Å². The zero-order chi connectivity index (χ0) is 18.3. The fraction of sp³-hybridized carbons (Fsp3) is 0.727. The van der Waals surface area contributed by atoms with E-state index in [1.807, 2.05) is 12.1 Å². The third-order valence-electron chi connectivity index (χ3n) is 7.39. The van der Waals surface area contributed by atoms with Gasteiger partial charge in [-0.2, -0.15) is 0 Å². The quantitative estimate of drug-likeness (QED) is 0.783. The molecular weight excluding hydrogens is 326 g/mol. The monoisotopic (exact) mass is 359 g/mol. The van der Waals surface area contributed by atoms with Crippen LogP contribution in [0.5, 0.6) is 17.2 Å². The number of hydrogen-bond acceptors (Lipinski definition) is 4. The summed E-state index contributed by atoms with van der Waals surface area (Å²) < 4.78 is 16.5. The average Bonchev–Trinajstić information content (AvgIpc) is 2.64. The van der Waals surface area contributed by atoms with Crippen LogP contribution in [0, 0.1) is 23.2 Å². The average molecular weight is 360 g/mol. The standard InChI is InChI=1S/C22H33NO3/c1-14(22-10-15-5-16(11-22)7-17(6-15)12-22)23-13-18-8-20(25-3)21(26-4)9-19(18)24-2/h8-9,14-17,23H,5-7,10-13H2,1-4H3. The van der Waals surface area contributed by atoms with E-state index in [2.05, 4.69) is 12.2 Å². The molecule has 1 unspecified atom stereocenters. The molecule has 4 aliphatic rings. The van der Waals surface area contributed by atoms with Crippen molar-refractivity contribution in [3.63, 3.8) is 0 Å². The highest BCUT2D eigenvalue weighted by molar-refractivity contribution is 5.50. The second kappa shape index (κ2) is 6.95. The predicted molar refractivity (Wildman–Crippen MR) is 103 cm³/mol. The van der Waals surface area contributed by atoms with Crippen LogP contribution in [0.1, 0.15) is 51.0 Å². The summed E-state index contributed by atoms with van der Waals surface area (Å²) in [4.78, 5) is 0. The van der Waals surface area contributed by atoms with E-state index in [9.17, 15) is 0 Å². The SMILES string of the molecule is COc1cc(OC)c(OC)cc1CNC(C)C12CC3CC(CC(C3)C1)C2. The van der Waals surface area contributed by atoms with Crippen LogP contribution in [0.3, 0.4) is 0 Å². The van der Waals surface area contributed by atoms with E-state index in [-0.39, 0.29) is 0 Å². The van der Waals surface area contributed by atoms with Gasteiger partial charge < -0.3 is 19.5 Å². The van der Waals surface area contributed by atoms with Gasteiger partial charge in [0.2, 0.25) is 0 Å². The number of methoxy groups -OCH3 is 3. The Balaban J connectivity index is 1.48. The van der Waals surface area contributed by atoms with Crippen LogP contribution in [0.15, 0.2) is 12.1 Å². The molecule has 0 radical (unpaired) electrons. The molecule has 0 heterocycles. The largest absolute Gasteiger partial charge is 0.496 e. The Bertz CT molecular complexity index is 622. The second-order valence-corrected chi connectivity index (χ2v) is 8.90. The first-order valence-corrected chi connectivity index (χ1v) is 10.1. The van der Waals surface area contributed by atoms with Gasteiger partial charge in [-0.1, -0.05) is 0 Å². The Hall–Kier alpha value is -1.42. The number of nitrogens with one attached hydrogen (secondary N) is 1. The van der Waals surface area contributed by atoms with Gasteiger partial charge >= 0.3 is 0 Å². The lowest BCUT2D eigenvalue weighted by Gasteiger charge is -2.59. The fourth-order valence-corrected chi connectivity index (χ4v) is 6.42. The smallest absolute Gasteiger partial charge is 0.164 e. The lowest BCUT2D eigenvalue weighted by molar-refractivity contribution is -0.0706. The van der Waals surface area contributed by atoms with E-state index in [1.165, 1.54) is 38.5 Å². The van der Waals surface area contributed by atoms with Crippen molar-refractivity contribution in [2.45, 2.75) is 58.0 Å². The molecule has 4 aliphatic carbocycles. The molecule has 0 spiro atoms. The molecule has 4 nitrogen and oxygen atoms in total. The van der Waals surface area contributed by atoms with Crippen molar-refractivity contribution in [3.05, 3.63) is 17.7 Å². The Kier molecular flexibility index (Phi) is 4.81. The second-order valence-electron chi connectivity index (χ2n) is 8.90. The van der Waals surface area contributed by atoms with E-state index >= 15 is 0 Å². The van der Waals surface area contributed by atoms with Crippen molar-refractivity contribution in [1.29, 1.82) is 0 Å². The number of ether oxygens (including phenoxy) is 3. The van der Waals surface area contributed by atoms with Crippen molar-refractivity contribution in [2.24, 2.45) is 23.2 Å². The Morgan fingerprint density at radius 3 is 1.88 bits per heavy atom. The summed E-state index contributed by atoms with van der Waals surface area (Å²) in [5.41, 5.74) is 1.64. The normalized spacial score (nSPS) is 33.2. The third-order valence-corrected chi connectivity index (χ3v) is 7.39. The van der Waals surface area contributed by atoms with Gasteiger partial charge in [-0.15, -0.1) is 0 Å². The topological polar surface area (TPSA) is 39.7 Å². The van der Waals surface area contributed by atoms with Crippen molar-refractivity contribution >= 4 is 0 Å². The van der Waals surface area contributed by atoms with E-state index in [0.29, 0.717) is 17.2 Å². The molecule has 1 N–H and O–H groups in total. The van der Waals surface area contributed by atoms with E-state index < -0.39 is 0 Å². The zero-order valence-corrected chi connectivity index (χ0v) is 16.6. The van der Waals surface area contributed by atoms with Gasteiger partial charge in [-0.25, -0.2) is 0 Å². The van der Waals surface area contributed by atoms with Crippen LogP contribution < -0.4 is 19.5 Å². The molecule has 0 aliphatic heterocycles. The fourth-order valence-electron chi connectivity index (χ4n) is 6.42. The summed E-state index contributed by atoms with van der Waals surface area (Å²) in [5, 5.41) is 3.84. The molecule has 1 atom stereocenters. The van der Waals surface area contributed by atoms with Crippen LogP contribution in [0.2, 0.25) is 0 Å². The van der Waals surface area contributed by atoms with E-state index in [1.54, 1.807) is 21.3 Å². The minimum atomic E-state index is 0.512. The van der Waals surface area contributed by atoms with Crippen LogP contribution >= 0.6 is 0 Å². The molecule has 0 saturated heterocycles. The maximum Gasteiger partial charge on any atom is 0.164 e. The summed E-state index contributed by atoms with van der Waals surface area (Å²) in [6.07, 6.45) is 8.77. The molecular formula is C22H33NO3. The molecule has 4 fully saturated rings. The number of hydrogen-bond donors (Lipinski definition) is 1. The summed E-state index contributed by atoms with van der Waals surface area (Å²) >= 11 is 0. The first-order valence-electron chi connectivity index (χ1n) is 10.1. The van der Waals surface area contributed by atoms with Crippen LogP contribution in [0.4, 0.5) is 0 Å². The van der Waals surface area contributed by atoms with Crippen molar-refractivity contribution in [1.82, 2.24) is 5.32 Å². The molecule has 144 valence electrons. The Morgan fingerprint density at radius 2 is 1.38 bits per heavy atom. The highest BCUT2D eigenvalue weighted by atomic mass is 16.5. The van der Waals surface area contributed by atoms with Crippen LogP contribution in [-0.2, 0) is 6.54 Å². The summed E-state index contributed by atoms with van der Waals surface area (Å²) in [6.45, 7) is 3.20. The van der Waals surface area contributed by atoms with Crippen LogP contribution in [-0.4, -0.2) is 27.4 Å². The molecule has 4 heteroatoms. The molecule has 5 rings (SSSR count). The number of rotatable bonds is 7. The Morgan fingerprint density at radius 1 is 0.885 bits per heavy atom. The highest BCUT2D eigenvalue weighted by Crippen LogP contribution is 2.61. The summed E-state index contributed by atoms with van der Waals surface area (Å²) in [5.74, 6) is 5.28. The third kappa shape index (κ3) is 3.06. The molecule has 0 amide bonds. The van der Waals surface area contributed by atoms with Crippen LogP contribution in [0.25, 0.3) is 0 Å². The molecule has 26 heavy (non-hydrogen) atoms. The molecule has 1 aromatic rings. The van der Waals surface area contributed by atoms with E-state index in [4.69, 9.17) is 14.2 Å². The maximum absolute atomic E-state index is 5.59. The van der Waals surface area contributed by atoms with Gasteiger partial charge in [0.15, 0.2) is 11.5 Å². The van der Waals surface area contributed by atoms with Crippen molar-refractivity contribution in [3.8, 4) is 17.2 Å². The molecule has 4 saturated carbocycles. The molecule has 1 aromatic carbocycles. The highest BCUT2D eigenvalue weighted by Gasteiger charge is 2.52. The van der Waals surface area contributed by atoms with E-state index in [0.717, 1.165) is 41.4 Å². The van der Waals surface area contributed by atoms with Gasteiger partial charge in [0.25, 0.3) is 0 Å². The first-order chi connectivity index (χ1) is 12.6. The lowest BCUT2D eigenvalue weighted by Crippen LogP contribution is -2.54. The van der Waals surface area contributed by atoms with Crippen molar-refractivity contribution < 1.29 is 14.2 Å². The maximum atomic E-state index is 5.59.